The van der Waals surface area contributed by atoms with Crippen LogP contribution in [0.3, 0.4) is 0 Å². The van der Waals surface area contributed by atoms with Crippen molar-refractivity contribution in [3.05, 3.63) is 69.7 Å². The fraction of sp³-hybridized carbons (Fsp3) is 0.250. The molecular weight excluding hydrogens is 300 g/mol. The lowest BCUT2D eigenvalue weighted by atomic mass is 9.68. The van der Waals surface area contributed by atoms with Crippen molar-refractivity contribution in [2.75, 3.05) is 7.11 Å². The number of rotatable bonds is 1. The molecule has 4 rings (SSSR count). The maximum atomic E-state index is 13.1. The SMILES string of the molecule is [C-]#[N+]c1ccc2c(n1)CC1=C2C(=O)c2ccc(OC)cc2C1(C)C. The Morgan fingerprint density at radius 3 is 2.67 bits per heavy atom. The van der Waals surface area contributed by atoms with E-state index < -0.39 is 0 Å². The summed E-state index contributed by atoms with van der Waals surface area (Å²) in [7, 11) is 1.63. The van der Waals surface area contributed by atoms with Crippen molar-refractivity contribution in [1.29, 1.82) is 0 Å². The van der Waals surface area contributed by atoms with Crippen molar-refractivity contribution >= 4 is 17.2 Å². The minimum atomic E-state index is -0.286. The van der Waals surface area contributed by atoms with E-state index in [1.165, 1.54) is 0 Å². The van der Waals surface area contributed by atoms with Crippen LogP contribution in [0, 0.1) is 6.57 Å². The molecule has 0 atom stereocenters. The van der Waals surface area contributed by atoms with Gasteiger partial charge in [0, 0.05) is 28.5 Å². The van der Waals surface area contributed by atoms with Gasteiger partial charge in [0.25, 0.3) is 5.82 Å². The quantitative estimate of drug-likeness (QED) is 0.743. The second kappa shape index (κ2) is 4.78. The summed E-state index contributed by atoms with van der Waals surface area (Å²) >= 11 is 0. The molecule has 1 heterocycles. The van der Waals surface area contributed by atoms with Crippen LogP contribution >= 0.6 is 0 Å². The van der Waals surface area contributed by atoms with Gasteiger partial charge >= 0.3 is 0 Å². The van der Waals surface area contributed by atoms with Gasteiger partial charge in [0.1, 0.15) is 11.4 Å². The number of Topliss-reactive ketones (excluding diaryl/α,β-unsaturated/α-hetero) is 1. The van der Waals surface area contributed by atoms with E-state index in [9.17, 15) is 4.79 Å². The van der Waals surface area contributed by atoms with Gasteiger partial charge < -0.3 is 9.58 Å². The molecule has 0 N–H and O–H groups in total. The van der Waals surface area contributed by atoms with E-state index in [1.54, 1.807) is 13.2 Å². The zero-order chi connectivity index (χ0) is 17.1. The number of benzene rings is 1. The van der Waals surface area contributed by atoms with Crippen molar-refractivity contribution < 1.29 is 9.53 Å². The summed E-state index contributed by atoms with van der Waals surface area (Å²) in [6.45, 7) is 11.4. The Morgan fingerprint density at radius 1 is 1.21 bits per heavy atom. The molecule has 0 spiro atoms. The van der Waals surface area contributed by atoms with Crippen LogP contribution in [0.1, 0.15) is 41.0 Å². The molecule has 1 aromatic heterocycles. The summed E-state index contributed by atoms with van der Waals surface area (Å²) in [6.07, 6.45) is 0.615. The number of hydrogen-bond donors (Lipinski definition) is 0. The minimum absolute atomic E-state index is 0.0399. The average Bonchev–Trinajstić information content (AvgIpc) is 2.99. The Labute approximate surface area is 140 Å². The lowest BCUT2D eigenvalue weighted by Crippen LogP contribution is -2.29. The van der Waals surface area contributed by atoms with Crippen LogP contribution in [0.25, 0.3) is 10.4 Å². The largest absolute Gasteiger partial charge is 0.497 e. The predicted octanol–water partition coefficient (Wildman–Crippen LogP) is 4.12. The highest BCUT2D eigenvalue weighted by molar-refractivity contribution is 6.32. The molecule has 24 heavy (non-hydrogen) atoms. The van der Waals surface area contributed by atoms with E-state index in [0.717, 1.165) is 39.3 Å². The average molecular weight is 316 g/mol. The predicted molar refractivity (Wildman–Crippen MR) is 91.5 cm³/mol. The van der Waals surface area contributed by atoms with Gasteiger partial charge in [-0.3, -0.25) is 4.79 Å². The van der Waals surface area contributed by atoms with Crippen LogP contribution in [0.5, 0.6) is 5.75 Å². The van der Waals surface area contributed by atoms with Crippen LogP contribution in [0.15, 0.2) is 35.9 Å². The molecule has 4 nitrogen and oxygen atoms in total. The fourth-order valence-electron chi connectivity index (χ4n) is 3.79. The molecule has 0 saturated heterocycles. The number of carbonyl (C=O) groups is 1. The second-order valence-electron chi connectivity index (χ2n) is 6.67. The Kier molecular flexibility index (Phi) is 2.92. The number of aromatic nitrogens is 1. The van der Waals surface area contributed by atoms with Crippen LogP contribution in [0.4, 0.5) is 5.82 Å². The smallest absolute Gasteiger partial charge is 0.269 e. The highest BCUT2D eigenvalue weighted by Crippen LogP contribution is 2.50. The van der Waals surface area contributed by atoms with E-state index in [2.05, 4.69) is 23.7 Å². The Morgan fingerprint density at radius 2 is 1.96 bits per heavy atom. The molecular formula is C20H16N2O2. The standard InChI is InChI=1S/C20H16N2O2/c1-20(2)14-9-11(24-4)5-6-12(14)19(23)18-13-7-8-17(21-3)22-16(13)10-15(18)20/h5-9H,10H2,1-2,4H3. The number of allylic oxidation sites excluding steroid dienone is 2. The molecule has 4 heteroatoms. The topological polar surface area (TPSA) is 43.5 Å². The first kappa shape index (κ1) is 14.6. The highest BCUT2D eigenvalue weighted by atomic mass is 16.5. The van der Waals surface area contributed by atoms with Crippen molar-refractivity contribution in [3.8, 4) is 5.75 Å². The van der Waals surface area contributed by atoms with Gasteiger partial charge in [0.2, 0.25) is 0 Å². The van der Waals surface area contributed by atoms with E-state index in [-0.39, 0.29) is 11.2 Å². The van der Waals surface area contributed by atoms with E-state index in [1.807, 2.05) is 24.3 Å². The molecule has 1 aromatic carbocycles. The van der Waals surface area contributed by atoms with Gasteiger partial charge in [0.15, 0.2) is 5.78 Å². The number of fused-ring (bicyclic) bond motifs is 3. The first-order chi connectivity index (χ1) is 11.5. The van der Waals surface area contributed by atoms with Crippen molar-refractivity contribution in [2.24, 2.45) is 0 Å². The number of nitrogens with zero attached hydrogens (tertiary/aromatic N) is 2. The molecule has 0 saturated carbocycles. The lowest BCUT2D eigenvalue weighted by molar-refractivity contribution is 0.105. The maximum absolute atomic E-state index is 13.1. The third-order valence-corrected chi connectivity index (χ3v) is 5.12. The molecule has 2 aliphatic rings. The monoisotopic (exact) mass is 316 g/mol. The van der Waals surface area contributed by atoms with Crippen molar-refractivity contribution in [2.45, 2.75) is 25.7 Å². The lowest BCUT2D eigenvalue weighted by Gasteiger charge is -2.34. The number of carbonyl (C=O) groups excluding carboxylic acids is 1. The summed E-state index contributed by atoms with van der Waals surface area (Å²) in [5.41, 5.74) is 4.97. The van der Waals surface area contributed by atoms with Gasteiger partial charge in [-0.25, -0.2) is 0 Å². The molecule has 0 bridgehead atoms. The first-order valence-electron chi connectivity index (χ1n) is 7.82. The van der Waals surface area contributed by atoms with Crippen molar-refractivity contribution in [1.82, 2.24) is 4.98 Å². The number of hydrogen-bond acceptors (Lipinski definition) is 3. The van der Waals surface area contributed by atoms with Crippen LogP contribution in [-0.4, -0.2) is 17.9 Å². The number of pyridine rings is 1. The zero-order valence-corrected chi connectivity index (χ0v) is 13.8. The number of methoxy groups -OCH3 is 1. The third-order valence-electron chi connectivity index (χ3n) is 5.12. The summed E-state index contributed by atoms with van der Waals surface area (Å²) in [5, 5.41) is 0. The van der Waals surface area contributed by atoms with E-state index >= 15 is 0 Å². The van der Waals surface area contributed by atoms with Gasteiger partial charge in [-0.15, -0.1) is 4.98 Å². The van der Waals surface area contributed by atoms with Crippen LogP contribution in [-0.2, 0) is 11.8 Å². The van der Waals surface area contributed by atoms with Gasteiger partial charge in [-0.2, -0.15) is 0 Å². The first-order valence-corrected chi connectivity index (χ1v) is 7.82. The fourth-order valence-corrected chi connectivity index (χ4v) is 3.79. The van der Waals surface area contributed by atoms with Gasteiger partial charge in [0.05, 0.1) is 7.11 Å². The summed E-state index contributed by atoms with van der Waals surface area (Å²) < 4.78 is 5.34. The third kappa shape index (κ3) is 1.78. The maximum Gasteiger partial charge on any atom is 0.269 e. The van der Waals surface area contributed by atoms with Crippen LogP contribution in [0.2, 0.25) is 0 Å². The number of ether oxygens (including phenoxy) is 1. The summed E-state index contributed by atoms with van der Waals surface area (Å²) in [5.74, 6) is 1.17. The Balaban J connectivity index is 1.94. The van der Waals surface area contributed by atoms with Crippen LogP contribution < -0.4 is 4.74 Å². The Bertz CT molecular complexity index is 978. The molecule has 118 valence electrons. The minimum Gasteiger partial charge on any atom is -0.497 e. The highest BCUT2D eigenvalue weighted by Gasteiger charge is 2.44. The number of ketones is 1. The molecule has 0 aliphatic heterocycles. The van der Waals surface area contributed by atoms with E-state index in [4.69, 9.17) is 11.3 Å². The normalized spacial score (nSPS) is 17.0. The zero-order valence-electron chi connectivity index (χ0n) is 13.8. The van der Waals surface area contributed by atoms with E-state index in [0.29, 0.717) is 12.2 Å². The Hall–Kier alpha value is -2.93. The second-order valence-corrected chi connectivity index (χ2v) is 6.67. The molecule has 2 aromatic rings. The summed E-state index contributed by atoms with van der Waals surface area (Å²) in [4.78, 5) is 20.9. The molecule has 2 aliphatic carbocycles. The molecule has 0 fully saturated rings. The molecule has 0 amide bonds. The van der Waals surface area contributed by atoms with Gasteiger partial charge in [-0.1, -0.05) is 26.5 Å². The molecule has 0 radical (unpaired) electrons. The van der Waals surface area contributed by atoms with Gasteiger partial charge in [-0.05, 0) is 35.4 Å². The summed E-state index contributed by atoms with van der Waals surface area (Å²) in [6, 6.07) is 9.18. The molecule has 0 unspecified atom stereocenters. The van der Waals surface area contributed by atoms with Crippen molar-refractivity contribution in [3.63, 3.8) is 0 Å².